The summed E-state index contributed by atoms with van der Waals surface area (Å²) in [6.07, 6.45) is 4.71. The predicted molar refractivity (Wildman–Crippen MR) is 103 cm³/mol. The second-order valence-electron chi connectivity index (χ2n) is 6.18. The van der Waals surface area contributed by atoms with E-state index in [0.29, 0.717) is 5.75 Å². The van der Waals surface area contributed by atoms with E-state index in [1.54, 1.807) is 18.2 Å². The average molecular weight is 332 g/mol. The van der Waals surface area contributed by atoms with Gasteiger partial charge in [-0.05, 0) is 42.2 Å². The van der Waals surface area contributed by atoms with Crippen LogP contribution in [0.15, 0.2) is 72.8 Å². The van der Waals surface area contributed by atoms with Gasteiger partial charge in [0.2, 0.25) is 0 Å². The molecule has 2 heteroatoms. The molecular weight excluding hydrogens is 308 g/mol. The molecule has 0 radical (unpaired) electrons. The molecule has 0 heterocycles. The smallest absolute Gasteiger partial charge is 0.169 e. The molecule has 0 aliphatic rings. The Morgan fingerprint density at radius 1 is 0.720 bits per heavy atom. The minimum Gasteiger partial charge on any atom is -0.504 e. The lowest BCUT2D eigenvalue weighted by Crippen LogP contribution is -1.93. The van der Waals surface area contributed by atoms with E-state index in [4.69, 9.17) is 4.74 Å². The molecule has 0 saturated heterocycles. The van der Waals surface area contributed by atoms with E-state index >= 15 is 0 Å². The highest BCUT2D eigenvalue weighted by atomic mass is 16.5. The third kappa shape index (κ3) is 4.21. The number of phenolic OH excluding ortho intramolecular Hbond substituents is 1. The molecule has 128 valence electrons. The van der Waals surface area contributed by atoms with Crippen LogP contribution < -0.4 is 4.74 Å². The topological polar surface area (TPSA) is 29.5 Å². The molecule has 0 bridgehead atoms. The minimum atomic E-state index is 0.147. The predicted octanol–water partition coefficient (Wildman–Crippen LogP) is 6.58. The summed E-state index contributed by atoms with van der Waals surface area (Å²) in [6.45, 7) is 2.22. The van der Waals surface area contributed by atoms with Crippen LogP contribution in [0.1, 0.15) is 31.7 Å². The second kappa shape index (κ2) is 8.39. The number of aryl methyl sites for hydroxylation is 1. The third-order valence-electron chi connectivity index (χ3n) is 4.33. The van der Waals surface area contributed by atoms with Gasteiger partial charge in [0.15, 0.2) is 11.5 Å². The summed E-state index contributed by atoms with van der Waals surface area (Å²) in [5.41, 5.74) is 3.59. The van der Waals surface area contributed by atoms with Gasteiger partial charge in [0, 0.05) is 5.56 Å². The molecule has 0 unspecified atom stereocenters. The molecule has 2 nitrogen and oxygen atoms in total. The highest BCUT2D eigenvalue weighted by Gasteiger charge is 2.12. The van der Waals surface area contributed by atoms with Crippen LogP contribution >= 0.6 is 0 Å². The number of unbranched alkanes of at least 4 members (excludes halogenated alkanes) is 2. The van der Waals surface area contributed by atoms with E-state index in [2.05, 4.69) is 37.3 Å². The van der Waals surface area contributed by atoms with Crippen molar-refractivity contribution in [3.63, 3.8) is 0 Å². The highest BCUT2D eigenvalue weighted by molar-refractivity contribution is 5.74. The maximum absolute atomic E-state index is 10.0. The third-order valence-corrected chi connectivity index (χ3v) is 4.33. The van der Waals surface area contributed by atoms with Crippen LogP contribution in [0.3, 0.4) is 0 Å². The molecule has 0 atom stereocenters. The van der Waals surface area contributed by atoms with Crippen molar-refractivity contribution in [2.75, 3.05) is 0 Å². The van der Waals surface area contributed by atoms with Gasteiger partial charge in [0.05, 0.1) is 0 Å². The summed E-state index contributed by atoms with van der Waals surface area (Å²) >= 11 is 0. The Labute approximate surface area is 149 Å². The standard InChI is InChI=1S/C23H24O2/c1-2-3-4-11-18-12-5-6-13-19(18)20-14-7-9-16-22(20)25-23-17-10-8-15-21(23)24/h5-10,12-17,24H,2-4,11H2,1H3. The van der Waals surface area contributed by atoms with E-state index in [0.717, 1.165) is 17.7 Å². The molecule has 0 aromatic heterocycles. The van der Waals surface area contributed by atoms with Crippen LogP contribution in [-0.2, 0) is 6.42 Å². The van der Waals surface area contributed by atoms with Crippen molar-refractivity contribution in [3.05, 3.63) is 78.4 Å². The Morgan fingerprint density at radius 2 is 1.36 bits per heavy atom. The molecule has 1 N–H and O–H groups in total. The normalized spacial score (nSPS) is 10.6. The Morgan fingerprint density at radius 3 is 2.12 bits per heavy atom. The SMILES string of the molecule is CCCCCc1ccccc1-c1ccccc1Oc1ccccc1O. The molecule has 3 rings (SSSR count). The van der Waals surface area contributed by atoms with Gasteiger partial charge >= 0.3 is 0 Å². The first-order valence-electron chi connectivity index (χ1n) is 8.92. The molecule has 0 aliphatic carbocycles. The van der Waals surface area contributed by atoms with Gasteiger partial charge in [-0.1, -0.05) is 74.4 Å². The van der Waals surface area contributed by atoms with Gasteiger partial charge in [0.25, 0.3) is 0 Å². The quantitative estimate of drug-likeness (QED) is 0.495. The molecular formula is C23H24O2. The zero-order valence-electron chi connectivity index (χ0n) is 14.6. The first-order chi connectivity index (χ1) is 12.3. The molecule has 3 aromatic rings. The number of para-hydroxylation sites is 3. The number of benzene rings is 3. The molecule has 0 amide bonds. The van der Waals surface area contributed by atoms with Crippen LogP contribution in [0.5, 0.6) is 17.2 Å². The van der Waals surface area contributed by atoms with Crippen LogP contribution in [0.2, 0.25) is 0 Å². The number of rotatable bonds is 7. The molecule has 25 heavy (non-hydrogen) atoms. The van der Waals surface area contributed by atoms with Crippen LogP contribution in [0.4, 0.5) is 0 Å². The fourth-order valence-corrected chi connectivity index (χ4v) is 3.01. The van der Waals surface area contributed by atoms with Gasteiger partial charge in [-0.25, -0.2) is 0 Å². The van der Waals surface area contributed by atoms with E-state index in [-0.39, 0.29) is 5.75 Å². The maximum atomic E-state index is 10.0. The number of hydrogen-bond donors (Lipinski definition) is 1. The number of ether oxygens (including phenoxy) is 1. The van der Waals surface area contributed by atoms with Crippen molar-refractivity contribution < 1.29 is 9.84 Å². The van der Waals surface area contributed by atoms with E-state index in [1.165, 1.54) is 30.4 Å². The van der Waals surface area contributed by atoms with Gasteiger partial charge in [-0.15, -0.1) is 0 Å². The van der Waals surface area contributed by atoms with Crippen molar-refractivity contribution >= 4 is 0 Å². The molecule has 0 spiro atoms. The summed E-state index contributed by atoms with van der Waals surface area (Å²) in [5, 5.41) is 10.0. The monoisotopic (exact) mass is 332 g/mol. The van der Waals surface area contributed by atoms with E-state index in [9.17, 15) is 5.11 Å². The number of hydrogen-bond acceptors (Lipinski definition) is 2. The Kier molecular flexibility index (Phi) is 5.73. The van der Waals surface area contributed by atoms with E-state index < -0.39 is 0 Å². The summed E-state index contributed by atoms with van der Waals surface area (Å²) in [4.78, 5) is 0. The number of aromatic hydroxyl groups is 1. The summed E-state index contributed by atoms with van der Waals surface area (Å²) < 4.78 is 6.03. The van der Waals surface area contributed by atoms with Crippen LogP contribution in [-0.4, -0.2) is 5.11 Å². The Hall–Kier alpha value is -2.74. The Bertz CT molecular complexity index is 824. The van der Waals surface area contributed by atoms with Crippen LogP contribution in [0.25, 0.3) is 11.1 Å². The molecule has 0 aliphatic heterocycles. The van der Waals surface area contributed by atoms with Gasteiger partial charge in [-0.3, -0.25) is 0 Å². The summed E-state index contributed by atoms with van der Waals surface area (Å²) in [7, 11) is 0. The first-order valence-corrected chi connectivity index (χ1v) is 8.92. The highest BCUT2D eigenvalue weighted by Crippen LogP contribution is 2.38. The first kappa shape index (κ1) is 17.1. The second-order valence-corrected chi connectivity index (χ2v) is 6.18. The van der Waals surface area contributed by atoms with Crippen molar-refractivity contribution in [1.29, 1.82) is 0 Å². The van der Waals surface area contributed by atoms with Crippen molar-refractivity contribution in [2.24, 2.45) is 0 Å². The average Bonchev–Trinajstić information content (AvgIpc) is 2.65. The zero-order chi connectivity index (χ0) is 17.5. The Balaban J connectivity index is 1.95. The maximum Gasteiger partial charge on any atom is 0.169 e. The largest absolute Gasteiger partial charge is 0.504 e. The molecule has 0 saturated carbocycles. The molecule has 0 fully saturated rings. The lowest BCUT2D eigenvalue weighted by atomic mass is 9.95. The lowest BCUT2D eigenvalue weighted by molar-refractivity contribution is 0.412. The van der Waals surface area contributed by atoms with E-state index in [1.807, 2.05) is 24.3 Å². The van der Waals surface area contributed by atoms with Gasteiger partial charge in [0.1, 0.15) is 5.75 Å². The fraction of sp³-hybridized carbons (Fsp3) is 0.217. The zero-order valence-corrected chi connectivity index (χ0v) is 14.6. The molecule has 3 aromatic carbocycles. The van der Waals surface area contributed by atoms with Gasteiger partial charge < -0.3 is 9.84 Å². The summed E-state index contributed by atoms with van der Waals surface area (Å²) in [6, 6.07) is 23.6. The van der Waals surface area contributed by atoms with Crippen molar-refractivity contribution in [3.8, 4) is 28.4 Å². The van der Waals surface area contributed by atoms with Crippen molar-refractivity contribution in [2.45, 2.75) is 32.6 Å². The lowest BCUT2D eigenvalue weighted by Gasteiger charge is -2.15. The van der Waals surface area contributed by atoms with Gasteiger partial charge in [-0.2, -0.15) is 0 Å². The van der Waals surface area contributed by atoms with Crippen LogP contribution in [0, 0.1) is 0 Å². The fourth-order valence-electron chi connectivity index (χ4n) is 3.01. The summed E-state index contributed by atoms with van der Waals surface area (Å²) in [5.74, 6) is 1.37. The van der Waals surface area contributed by atoms with Crippen molar-refractivity contribution in [1.82, 2.24) is 0 Å². The minimum absolute atomic E-state index is 0.147. The number of phenols is 1.